The zero-order chi connectivity index (χ0) is 15.3. The van der Waals surface area contributed by atoms with Crippen molar-refractivity contribution in [1.82, 2.24) is 15.1 Å². The molecule has 0 bridgehead atoms. The molecule has 1 fully saturated rings. The molecule has 2 atom stereocenters. The molecule has 20 heavy (non-hydrogen) atoms. The van der Waals surface area contributed by atoms with Gasteiger partial charge in [0.15, 0.2) is 0 Å². The maximum Gasteiger partial charge on any atom is 0.323 e. The molecule has 8 nitrogen and oxygen atoms in total. The van der Waals surface area contributed by atoms with Crippen molar-refractivity contribution in [3.8, 4) is 0 Å². The van der Waals surface area contributed by atoms with E-state index in [1.165, 1.54) is 0 Å². The zero-order valence-electron chi connectivity index (χ0n) is 11.7. The van der Waals surface area contributed by atoms with Crippen molar-refractivity contribution in [2.45, 2.75) is 19.4 Å². The molecular weight excluding hydrogens is 266 g/mol. The molecule has 3 N–H and O–H groups in total. The Hall–Kier alpha value is -1.83. The number of hydrogen-bond donors (Lipinski definition) is 3. The van der Waals surface area contributed by atoms with Gasteiger partial charge in [0.1, 0.15) is 13.1 Å². The highest BCUT2D eigenvalue weighted by molar-refractivity contribution is 5.84. The number of carboxylic acid groups (broad SMARTS) is 2. The van der Waals surface area contributed by atoms with Gasteiger partial charge >= 0.3 is 18.0 Å². The number of carbonyl (C=O) groups is 3. The van der Waals surface area contributed by atoms with E-state index in [-0.39, 0.29) is 12.0 Å². The van der Waals surface area contributed by atoms with Crippen molar-refractivity contribution in [1.29, 1.82) is 0 Å². The van der Waals surface area contributed by atoms with E-state index in [4.69, 9.17) is 10.2 Å². The Labute approximate surface area is 117 Å². The van der Waals surface area contributed by atoms with Gasteiger partial charge in [-0.05, 0) is 25.9 Å². The number of likely N-dealkylation sites (tertiary alicyclic amines) is 1. The van der Waals surface area contributed by atoms with Crippen LogP contribution < -0.4 is 5.32 Å². The number of rotatable bonds is 5. The van der Waals surface area contributed by atoms with Gasteiger partial charge in [-0.15, -0.1) is 0 Å². The molecule has 0 radical (unpaired) electrons. The van der Waals surface area contributed by atoms with Crippen molar-refractivity contribution in [3.63, 3.8) is 0 Å². The Kier molecular flexibility index (Phi) is 5.75. The predicted molar refractivity (Wildman–Crippen MR) is 70.4 cm³/mol. The molecule has 0 spiro atoms. The van der Waals surface area contributed by atoms with Gasteiger partial charge in [-0.25, -0.2) is 4.79 Å². The lowest BCUT2D eigenvalue weighted by Gasteiger charge is -2.36. The third-order valence-corrected chi connectivity index (χ3v) is 3.36. The summed E-state index contributed by atoms with van der Waals surface area (Å²) in [5.41, 5.74) is 0. The first-order valence-corrected chi connectivity index (χ1v) is 6.47. The quantitative estimate of drug-likeness (QED) is 0.629. The lowest BCUT2D eigenvalue weighted by molar-refractivity contribution is -0.140. The molecule has 1 rings (SSSR count). The summed E-state index contributed by atoms with van der Waals surface area (Å²) < 4.78 is 0. The fraction of sp³-hybridized carbons (Fsp3) is 0.750. The Morgan fingerprint density at radius 2 is 1.80 bits per heavy atom. The molecule has 8 heteroatoms. The number of aliphatic carboxylic acids is 2. The van der Waals surface area contributed by atoms with Crippen LogP contribution >= 0.6 is 0 Å². The molecule has 2 amide bonds. The van der Waals surface area contributed by atoms with Crippen LogP contribution in [0.25, 0.3) is 0 Å². The molecule has 0 aromatic carbocycles. The Balaban J connectivity index is 2.60. The molecule has 1 saturated heterocycles. The second-order valence-electron chi connectivity index (χ2n) is 5.23. The number of nitrogens with zero attached hydrogens (tertiary/aromatic N) is 2. The van der Waals surface area contributed by atoms with Crippen LogP contribution in [0.1, 0.15) is 13.3 Å². The number of carbonyl (C=O) groups excluding carboxylic acids is 1. The maximum absolute atomic E-state index is 12.0. The highest BCUT2D eigenvalue weighted by atomic mass is 16.4. The lowest BCUT2D eigenvalue weighted by atomic mass is 9.94. The molecule has 0 aromatic rings. The number of hydrogen-bond acceptors (Lipinski definition) is 4. The fourth-order valence-corrected chi connectivity index (χ4v) is 2.34. The first-order chi connectivity index (χ1) is 9.29. The van der Waals surface area contributed by atoms with Crippen LogP contribution in [0.3, 0.4) is 0 Å². The summed E-state index contributed by atoms with van der Waals surface area (Å²) in [6.07, 6.45) is 0.761. The molecule has 1 aliphatic heterocycles. The average Bonchev–Trinajstić information content (AvgIpc) is 2.30. The first kappa shape index (κ1) is 16.2. The van der Waals surface area contributed by atoms with Crippen LogP contribution in [0.5, 0.6) is 0 Å². The number of urea groups is 1. The molecule has 1 heterocycles. The first-order valence-electron chi connectivity index (χ1n) is 6.47. The number of nitrogens with one attached hydrogen (secondary N) is 1. The van der Waals surface area contributed by atoms with E-state index in [1.54, 1.807) is 0 Å². The van der Waals surface area contributed by atoms with Gasteiger partial charge in [0.25, 0.3) is 0 Å². The minimum absolute atomic E-state index is 0.0659. The summed E-state index contributed by atoms with van der Waals surface area (Å²) in [7, 11) is 2.00. The van der Waals surface area contributed by atoms with E-state index in [0.717, 1.165) is 24.4 Å². The van der Waals surface area contributed by atoms with Gasteiger partial charge in [0, 0.05) is 12.6 Å². The van der Waals surface area contributed by atoms with Crippen molar-refractivity contribution >= 4 is 18.0 Å². The van der Waals surface area contributed by atoms with Gasteiger partial charge < -0.3 is 25.3 Å². The van der Waals surface area contributed by atoms with Crippen molar-refractivity contribution in [3.05, 3.63) is 0 Å². The van der Waals surface area contributed by atoms with E-state index in [0.29, 0.717) is 0 Å². The van der Waals surface area contributed by atoms with Crippen molar-refractivity contribution in [2.24, 2.45) is 5.92 Å². The van der Waals surface area contributed by atoms with Crippen molar-refractivity contribution in [2.75, 3.05) is 33.2 Å². The third-order valence-electron chi connectivity index (χ3n) is 3.36. The molecule has 1 aliphatic rings. The highest BCUT2D eigenvalue weighted by Crippen LogP contribution is 2.15. The SMILES string of the molecule is CC1CN(C)CCC1NC(=O)N(CC(=O)O)CC(=O)O. The summed E-state index contributed by atoms with van der Waals surface area (Å²) in [4.78, 5) is 36.3. The predicted octanol–water partition coefficient (Wildman–Crippen LogP) is -0.493. The van der Waals surface area contributed by atoms with Gasteiger partial charge in [-0.3, -0.25) is 9.59 Å². The fourth-order valence-electron chi connectivity index (χ4n) is 2.34. The minimum Gasteiger partial charge on any atom is -0.480 e. The van der Waals surface area contributed by atoms with Crippen LogP contribution in [-0.2, 0) is 9.59 Å². The van der Waals surface area contributed by atoms with Crippen LogP contribution in [0, 0.1) is 5.92 Å². The summed E-state index contributed by atoms with van der Waals surface area (Å²) >= 11 is 0. The Bertz CT molecular complexity index is 371. The number of carboxylic acids is 2. The second kappa shape index (κ2) is 7.09. The molecule has 0 aliphatic carbocycles. The average molecular weight is 287 g/mol. The topological polar surface area (TPSA) is 110 Å². The van der Waals surface area contributed by atoms with Crippen LogP contribution in [0.4, 0.5) is 4.79 Å². The maximum atomic E-state index is 12.0. The van der Waals surface area contributed by atoms with Crippen LogP contribution in [0.15, 0.2) is 0 Å². The number of piperidine rings is 1. The smallest absolute Gasteiger partial charge is 0.323 e. The van der Waals surface area contributed by atoms with Gasteiger partial charge in [-0.2, -0.15) is 0 Å². The summed E-state index contributed by atoms with van der Waals surface area (Å²) in [5.74, 6) is -2.25. The van der Waals surface area contributed by atoms with Gasteiger partial charge in [0.05, 0.1) is 0 Å². The van der Waals surface area contributed by atoms with E-state index in [9.17, 15) is 14.4 Å². The lowest BCUT2D eigenvalue weighted by Crippen LogP contribution is -2.54. The summed E-state index contributed by atoms with van der Waals surface area (Å²) in [6, 6.07) is -0.708. The van der Waals surface area contributed by atoms with E-state index in [1.807, 2.05) is 14.0 Å². The third kappa shape index (κ3) is 5.04. The highest BCUT2D eigenvalue weighted by Gasteiger charge is 2.28. The van der Waals surface area contributed by atoms with Crippen molar-refractivity contribution < 1.29 is 24.6 Å². The van der Waals surface area contributed by atoms with E-state index < -0.39 is 31.1 Å². The Morgan fingerprint density at radius 1 is 1.25 bits per heavy atom. The molecule has 2 unspecified atom stereocenters. The largest absolute Gasteiger partial charge is 0.480 e. The molecule has 0 aromatic heterocycles. The summed E-state index contributed by atoms with van der Waals surface area (Å²) in [5, 5.41) is 20.2. The van der Waals surface area contributed by atoms with Gasteiger partial charge in [-0.1, -0.05) is 6.92 Å². The molecule has 0 saturated carbocycles. The van der Waals surface area contributed by atoms with Gasteiger partial charge in [0.2, 0.25) is 0 Å². The monoisotopic (exact) mass is 287 g/mol. The molecular formula is C12H21N3O5. The van der Waals surface area contributed by atoms with Crippen LogP contribution in [0.2, 0.25) is 0 Å². The normalized spacial score (nSPS) is 23.1. The standard InChI is InChI=1S/C12H21N3O5/c1-8-5-14(2)4-3-9(8)13-12(20)15(6-10(16)17)7-11(18)19/h8-9H,3-7H2,1-2H3,(H,13,20)(H,16,17)(H,18,19). The Morgan fingerprint density at radius 3 is 2.25 bits per heavy atom. The number of amides is 2. The van der Waals surface area contributed by atoms with E-state index >= 15 is 0 Å². The zero-order valence-corrected chi connectivity index (χ0v) is 11.7. The minimum atomic E-state index is -1.24. The van der Waals surface area contributed by atoms with Crippen LogP contribution in [-0.4, -0.2) is 77.3 Å². The van der Waals surface area contributed by atoms with E-state index in [2.05, 4.69) is 10.2 Å². The second-order valence-corrected chi connectivity index (χ2v) is 5.23. The molecule has 114 valence electrons. The summed E-state index contributed by atoms with van der Waals surface area (Å²) in [6.45, 7) is 2.42.